The molecule has 1 aromatic carbocycles. The highest BCUT2D eigenvalue weighted by atomic mass is 35.5. The van der Waals surface area contributed by atoms with E-state index in [2.05, 4.69) is 15.0 Å². The third kappa shape index (κ3) is 4.19. The fraction of sp³-hybridized carbons (Fsp3) is 0.278. The summed E-state index contributed by atoms with van der Waals surface area (Å²) in [5, 5.41) is 37.0. The van der Waals surface area contributed by atoms with E-state index >= 15 is 0 Å². The first-order valence-electron chi connectivity index (χ1n) is 8.05. The summed E-state index contributed by atoms with van der Waals surface area (Å²) in [7, 11) is 1.21. The first kappa shape index (κ1) is 21.1. The molecule has 0 radical (unpaired) electrons. The highest BCUT2D eigenvalue weighted by Gasteiger charge is 2.20. The average Bonchev–Trinajstić information content (AvgIpc) is 2.66. The van der Waals surface area contributed by atoms with Crippen molar-refractivity contribution in [2.45, 2.75) is 26.5 Å². The quantitative estimate of drug-likeness (QED) is 0.580. The zero-order valence-electron chi connectivity index (χ0n) is 15.3. The molecule has 0 saturated carbocycles. The number of rotatable bonds is 5. The summed E-state index contributed by atoms with van der Waals surface area (Å²) in [6.07, 6.45) is -0.943. The lowest BCUT2D eigenvalue weighted by molar-refractivity contribution is 0.0601. The van der Waals surface area contributed by atoms with Crippen LogP contribution in [0.15, 0.2) is 33.2 Å². The van der Waals surface area contributed by atoms with Gasteiger partial charge in [0.25, 0.3) is 5.56 Å². The number of hydrogen-bond acceptors (Lipinski definition) is 8. The molecule has 0 aliphatic rings. The van der Waals surface area contributed by atoms with Crippen LogP contribution in [0.1, 0.15) is 28.4 Å². The average molecular weight is 405 g/mol. The molecule has 1 unspecified atom stereocenters. The van der Waals surface area contributed by atoms with Gasteiger partial charge in [0.15, 0.2) is 5.69 Å². The third-order valence-corrected chi connectivity index (χ3v) is 4.17. The Kier molecular flexibility index (Phi) is 6.51. The van der Waals surface area contributed by atoms with Gasteiger partial charge in [-0.25, -0.2) is 4.79 Å². The molecular formula is C18H17ClN4O5. The molecule has 1 aromatic heterocycles. The van der Waals surface area contributed by atoms with E-state index in [9.17, 15) is 25.1 Å². The van der Waals surface area contributed by atoms with E-state index in [4.69, 9.17) is 11.6 Å². The molecule has 0 aliphatic heterocycles. The lowest BCUT2D eigenvalue weighted by Crippen LogP contribution is -2.26. The number of carbonyl (C=O) groups excluding carboxylic acids is 1. The Bertz CT molecular complexity index is 1050. The number of hydrogen-bond donors (Lipinski definition) is 2. The van der Waals surface area contributed by atoms with Gasteiger partial charge < -0.3 is 14.9 Å². The smallest absolute Gasteiger partial charge is 0.339 e. The summed E-state index contributed by atoms with van der Waals surface area (Å²) in [5.74, 6) is -1.21. The molecule has 9 nitrogen and oxygen atoms in total. The van der Waals surface area contributed by atoms with Gasteiger partial charge in [-0.3, -0.25) is 9.36 Å². The van der Waals surface area contributed by atoms with Crippen molar-refractivity contribution in [1.82, 2.24) is 4.57 Å². The summed E-state index contributed by atoms with van der Waals surface area (Å²) >= 11 is 5.95. The van der Waals surface area contributed by atoms with Crippen LogP contribution in [0.5, 0.6) is 5.88 Å². The minimum absolute atomic E-state index is 0.0762. The number of aliphatic hydroxyl groups excluding tert-OH is 1. The number of aromatic nitrogens is 1. The Balaban J connectivity index is 2.59. The maximum atomic E-state index is 12.6. The zero-order chi connectivity index (χ0) is 21.0. The van der Waals surface area contributed by atoms with E-state index in [1.807, 2.05) is 6.07 Å². The van der Waals surface area contributed by atoms with Gasteiger partial charge in [0.1, 0.15) is 11.6 Å². The summed E-state index contributed by atoms with van der Waals surface area (Å²) in [5.41, 5.74) is -0.617. The van der Waals surface area contributed by atoms with Crippen molar-refractivity contribution in [3.63, 3.8) is 0 Å². The number of carbonyl (C=O) groups is 1. The van der Waals surface area contributed by atoms with Crippen molar-refractivity contribution in [3.8, 4) is 11.9 Å². The number of nitrogens with zero attached hydrogens (tertiary/aromatic N) is 4. The van der Waals surface area contributed by atoms with Crippen LogP contribution in [0, 0.1) is 18.3 Å². The van der Waals surface area contributed by atoms with Crippen LogP contribution in [0.2, 0.25) is 5.02 Å². The number of aromatic hydroxyl groups is 1. The van der Waals surface area contributed by atoms with Gasteiger partial charge >= 0.3 is 5.97 Å². The van der Waals surface area contributed by atoms with Gasteiger partial charge in [-0.05, 0) is 32.0 Å². The number of methoxy groups -OCH3 is 1. The molecule has 0 spiro atoms. The minimum Gasteiger partial charge on any atom is -0.493 e. The molecule has 28 heavy (non-hydrogen) atoms. The van der Waals surface area contributed by atoms with Crippen LogP contribution in [-0.4, -0.2) is 34.0 Å². The molecule has 2 rings (SSSR count). The molecule has 10 heteroatoms. The maximum Gasteiger partial charge on any atom is 0.339 e. The van der Waals surface area contributed by atoms with E-state index in [0.29, 0.717) is 0 Å². The van der Waals surface area contributed by atoms with Crippen molar-refractivity contribution < 1.29 is 19.7 Å². The third-order valence-electron chi connectivity index (χ3n) is 3.84. The molecule has 0 bridgehead atoms. The van der Waals surface area contributed by atoms with E-state index < -0.39 is 23.5 Å². The first-order chi connectivity index (χ1) is 13.2. The normalized spacial score (nSPS) is 12.0. The van der Waals surface area contributed by atoms with Crippen molar-refractivity contribution in [2.24, 2.45) is 10.2 Å². The number of halogens is 1. The summed E-state index contributed by atoms with van der Waals surface area (Å²) in [6.45, 7) is 2.65. The van der Waals surface area contributed by atoms with Gasteiger partial charge in [-0.2, -0.15) is 10.4 Å². The zero-order valence-corrected chi connectivity index (χ0v) is 16.1. The van der Waals surface area contributed by atoms with Crippen LogP contribution in [0.25, 0.3) is 0 Å². The largest absolute Gasteiger partial charge is 0.493 e. The Labute approximate surface area is 165 Å². The SMILES string of the molecule is COC(=O)c1cc(N=Nc2c(C)c(C#N)c(O)n(CC(C)O)c2=O)ccc1Cl. The second-order valence-electron chi connectivity index (χ2n) is 5.90. The van der Waals surface area contributed by atoms with Gasteiger partial charge in [-0.15, -0.1) is 5.11 Å². The fourth-order valence-corrected chi connectivity index (χ4v) is 2.63. The van der Waals surface area contributed by atoms with Crippen molar-refractivity contribution in [2.75, 3.05) is 7.11 Å². The number of aliphatic hydroxyl groups is 1. The Hall–Kier alpha value is -3.22. The second kappa shape index (κ2) is 8.65. The summed E-state index contributed by atoms with van der Waals surface area (Å²) in [4.78, 5) is 24.4. The lowest BCUT2D eigenvalue weighted by Gasteiger charge is -2.14. The van der Waals surface area contributed by atoms with Crippen molar-refractivity contribution in [1.29, 1.82) is 5.26 Å². The Morgan fingerprint density at radius 1 is 1.43 bits per heavy atom. The lowest BCUT2D eigenvalue weighted by atomic mass is 10.1. The highest BCUT2D eigenvalue weighted by molar-refractivity contribution is 6.33. The van der Waals surface area contributed by atoms with Gasteiger partial charge in [0.05, 0.1) is 36.0 Å². The molecule has 0 saturated heterocycles. The summed E-state index contributed by atoms with van der Waals surface area (Å²) in [6, 6.07) is 6.06. The van der Waals surface area contributed by atoms with Gasteiger partial charge in [0, 0.05) is 5.56 Å². The van der Waals surface area contributed by atoms with E-state index in [-0.39, 0.29) is 39.6 Å². The molecule has 2 aromatic rings. The molecule has 1 atom stereocenters. The molecule has 146 valence electrons. The maximum absolute atomic E-state index is 12.6. The first-order valence-corrected chi connectivity index (χ1v) is 8.43. The predicted molar refractivity (Wildman–Crippen MR) is 100 cm³/mol. The standard InChI is InChI=1S/C18H17ClN4O5/c1-9(24)8-23-16(25)13(7-20)10(2)15(17(23)26)22-21-11-4-5-14(19)12(6-11)18(27)28-3/h4-6,9,24-25H,8H2,1-3H3. The predicted octanol–water partition coefficient (Wildman–Crippen LogP) is 2.97. The number of nitriles is 1. The van der Waals surface area contributed by atoms with Gasteiger partial charge in [-0.1, -0.05) is 11.6 Å². The number of ether oxygens (including phenoxy) is 1. The van der Waals surface area contributed by atoms with Crippen molar-refractivity contribution in [3.05, 3.63) is 50.3 Å². The minimum atomic E-state index is -0.943. The fourth-order valence-electron chi connectivity index (χ4n) is 2.44. The molecule has 0 amide bonds. The molecule has 0 aliphatic carbocycles. The Morgan fingerprint density at radius 3 is 2.68 bits per heavy atom. The van der Waals surface area contributed by atoms with Crippen LogP contribution in [0.3, 0.4) is 0 Å². The van der Waals surface area contributed by atoms with Crippen LogP contribution < -0.4 is 5.56 Å². The van der Waals surface area contributed by atoms with E-state index in [0.717, 1.165) is 4.57 Å². The van der Waals surface area contributed by atoms with Crippen LogP contribution >= 0.6 is 11.6 Å². The molecular weight excluding hydrogens is 388 g/mol. The number of pyridine rings is 1. The highest BCUT2D eigenvalue weighted by Crippen LogP contribution is 2.28. The topological polar surface area (TPSA) is 137 Å². The number of esters is 1. The van der Waals surface area contributed by atoms with Crippen molar-refractivity contribution >= 4 is 28.9 Å². The van der Waals surface area contributed by atoms with E-state index in [1.54, 1.807) is 0 Å². The molecule has 1 heterocycles. The summed E-state index contributed by atoms with van der Waals surface area (Å²) < 4.78 is 5.49. The Morgan fingerprint density at radius 2 is 2.11 bits per heavy atom. The van der Waals surface area contributed by atoms with Gasteiger partial charge in [0.2, 0.25) is 5.88 Å². The van der Waals surface area contributed by atoms with E-state index in [1.165, 1.54) is 39.2 Å². The molecule has 0 fully saturated rings. The molecule has 2 N–H and O–H groups in total. The monoisotopic (exact) mass is 404 g/mol. The second-order valence-corrected chi connectivity index (χ2v) is 6.31. The van der Waals surface area contributed by atoms with Crippen LogP contribution in [0.4, 0.5) is 11.4 Å². The number of benzene rings is 1. The van der Waals surface area contributed by atoms with Crippen LogP contribution in [-0.2, 0) is 11.3 Å². The number of azo groups is 1.